The molecule has 1 heterocycles. The van der Waals surface area contributed by atoms with Crippen molar-refractivity contribution in [1.82, 2.24) is 4.98 Å². The number of nitrogens with zero attached hydrogens (tertiary/aromatic N) is 1. The SMILES string of the molecule is Cc1cc(NC(C)(C)C(C)Cl)ccn1. The summed E-state index contributed by atoms with van der Waals surface area (Å²) in [7, 11) is 0. The summed E-state index contributed by atoms with van der Waals surface area (Å²) in [6, 6.07) is 3.97. The highest BCUT2D eigenvalue weighted by Gasteiger charge is 2.23. The van der Waals surface area contributed by atoms with Gasteiger partial charge in [-0.05, 0) is 39.8 Å². The third kappa shape index (κ3) is 2.88. The van der Waals surface area contributed by atoms with Gasteiger partial charge in [-0.1, -0.05) is 0 Å². The monoisotopic (exact) mass is 212 g/mol. The summed E-state index contributed by atoms with van der Waals surface area (Å²) in [6.45, 7) is 8.13. The summed E-state index contributed by atoms with van der Waals surface area (Å²) in [5, 5.41) is 3.45. The molecule has 1 atom stereocenters. The van der Waals surface area contributed by atoms with Crippen molar-refractivity contribution in [1.29, 1.82) is 0 Å². The van der Waals surface area contributed by atoms with Crippen LogP contribution < -0.4 is 5.32 Å². The quantitative estimate of drug-likeness (QED) is 0.779. The third-order valence-corrected chi connectivity index (χ3v) is 2.90. The molecule has 1 N–H and O–H groups in total. The van der Waals surface area contributed by atoms with Crippen molar-refractivity contribution in [3.8, 4) is 0 Å². The molecule has 1 unspecified atom stereocenters. The van der Waals surface area contributed by atoms with Gasteiger partial charge in [-0.15, -0.1) is 11.6 Å². The van der Waals surface area contributed by atoms with Crippen molar-refractivity contribution >= 4 is 17.3 Å². The number of halogens is 1. The first-order chi connectivity index (χ1) is 6.42. The highest BCUT2D eigenvalue weighted by molar-refractivity contribution is 6.21. The Kier molecular flexibility index (Phi) is 3.38. The van der Waals surface area contributed by atoms with Crippen LogP contribution in [0.2, 0.25) is 0 Å². The van der Waals surface area contributed by atoms with E-state index in [2.05, 4.69) is 24.1 Å². The molecular formula is C11H17ClN2. The molecule has 0 amide bonds. The molecule has 0 fully saturated rings. The highest BCUT2D eigenvalue weighted by Crippen LogP contribution is 2.21. The van der Waals surface area contributed by atoms with Gasteiger partial charge in [0.2, 0.25) is 0 Å². The lowest BCUT2D eigenvalue weighted by atomic mass is 10.0. The number of aromatic nitrogens is 1. The first kappa shape index (κ1) is 11.3. The van der Waals surface area contributed by atoms with Crippen LogP contribution in [-0.2, 0) is 0 Å². The third-order valence-electron chi connectivity index (χ3n) is 2.36. The summed E-state index contributed by atoms with van der Waals surface area (Å²) in [5.41, 5.74) is 1.96. The molecule has 0 bridgehead atoms. The second-order valence-electron chi connectivity index (χ2n) is 4.15. The zero-order valence-corrected chi connectivity index (χ0v) is 9.89. The van der Waals surface area contributed by atoms with Crippen LogP contribution in [0.15, 0.2) is 18.3 Å². The van der Waals surface area contributed by atoms with Crippen molar-refractivity contribution < 1.29 is 0 Å². The average Bonchev–Trinajstić information content (AvgIpc) is 2.02. The molecular weight excluding hydrogens is 196 g/mol. The standard InChI is InChI=1S/C11H17ClN2/c1-8-7-10(5-6-13-8)14-11(3,4)9(2)12/h5-7,9H,1-4H3,(H,13,14). The summed E-state index contributed by atoms with van der Waals surface area (Å²) in [6.07, 6.45) is 1.80. The van der Waals surface area contributed by atoms with Gasteiger partial charge in [0.05, 0.1) is 5.38 Å². The number of hydrogen-bond acceptors (Lipinski definition) is 2. The Labute approximate surface area is 90.7 Å². The number of anilines is 1. The summed E-state index contributed by atoms with van der Waals surface area (Å²) in [5.74, 6) is 0. The van der Waals surface area contributed by atoms with Gasteiger partial charge >= 0.3 is 0 Å². The second kappa shape index (κ2) is 4.18. The fourth-order valence-electron chi connectivity index (χ4n) is 1.09. The van der Waals surface area contributed by atoms with E-state index in [1.54, 1.807) is 6.20 Å². The van der Waals surface area contributed by atoms with E-state index in [0.29, 0.717) is 0 Å². The van der Waals surface area contributed by atoms with E-state index in [-0.39, 0.29) is 10.9 Å². The average molecular weight is 213 g/mol. The van der Waals surface area contributed by atoms with Gasteiger partial charge in [0.1, 0.15) is 0 Å². The Morgan fingerprint density at radius 1 is 1.50 bits per heavy atom. The van der Waals surface area contributed by atoms with E-state index in [9.17, 15) is 0 Å². The topological polar surface area (TPSA) is 24.9 Å². The molecule has 0 aliphatic heterocycles. The molecule has 14 heavy (non-hydrogen) atoms. The zero-order chi connectivity index (χ0) is 10.8. The normalized spacial score (nSPS) is 13.8. The summed E-state index contributed by atoms with van der Waals surface area (Å²) >= 11 is 6.08. The van der Waals surface area contributed by atoms with Crippen LogP contribution in [0.1, 0.15) is 26.5 Å². The molecule has 1 aromatic rings. The minimum atomic E-state index is -0.116. The summed E-state index contributed by atoms with van der Waals surface area (Å²) < 4.78 is 0. The van der Waals surface area contributed by atoms with Crippen LogP contribution >= 0.6 is 11.6 Å². The van der Waals surface area contributed by atoms with Gasteiger partial charge in [0.15, 0.2) is 0 Å². The van der Waals surface area contributed by atoms with Crippen molar-refractivity contribution in [2.45, 2.75) is 38.6 Å². The molecule has 0 saturated carbocycles. The first-order valence-electron chi connectivity index (χ1n) is 4.77. The molecule has 0 saturated heterocycles. The van der Waals surface area contributed by atoms with Gasteiger partial charge in [-0.25, -0.2) is 0 Å². The zero-order valence-electron chi connectivity index (χ0n) is 9.13. The molecule has 0 aromatic carbocycles. The lowest BCUT2D eigenvalue weighted by Gasteiger charge is -2.30. The van der Waals surface area contributed by atoms with Crippen molar-refractivity contribution in [3.63, 3.8) is 0 Å². The lowest BCUT2D eigenvalue weighted by molar-refractivity contribution is 0.555. The van der Waals surface area contributed by atoms with Crippen LogP contribution in [0.3, 0.4) is 0 Å². The van der Waals surface area contributed by atoms with Gasteiger partial charge < -0.3 is 5.32 Å². The smallest absolute Gasteiger partial charge is 0.0532 e. The number of hydrogen-bond donors (Lipinski definition) is 1. The van der Waals surface area contributed by atoms with Crippen molar-refractivity contribution in [2.24, 2.45) is 0 Å². The number of alkyl halides is 1. The van der Waals surface area contributed by atoms with Crippen molar-refractivity contribution in [2.75, 3.05) is 5.32 Å². The molecule has 0 aliphatic carbocycles. The minimum Gasteiger partial charge on any atom is -0.379 e. The lowest BCUT2D eigenvalue weighted by Crippen LogP contribution is -2.38. The molecule has 2 nitrogen and oxygen atoms in total. The van der Waals surface area contributed by atoms with E-state index < -0.39 is 0 Å². The highest BCUT2D eigenvalue weighted by atomic mass is 35.5. The van der Waals surface area contributed by atoms with E-state index in [1.165, 1.54) is 0 Å². The maximum Gasteiger partial charge on any atom is 0.0532 e. The van der Waals surface area contributed by atoms with Crippen LogP contribution in [0.4, 0.5) is 5.69 Å². The first-order valence-corrected chi connectivity index (χ1v) is 5.20. The van der Waals surface area contributed by atoms with Crippen molar-refractivity contribution in [3.05, 3.63) is 24.0 Å². The largest absolute Gasteiger partial charge is 0.379 e. The van der Waals surface area contributed by atoms with Crippen LogP contribution in [0.5, 0.6) is 0 Å². The fraction of sp³-hybridized carbons (Fsp3) is 0.545. The van der Waals surface area contributed by atoms with Crippen LogP contribution in [-0.4, -0.2) is 15.9 Å². The Hall–Kier alpha value is -0.760. The molecule has 0 spiro atoms. The van der Waals surface area contributed by atoms with Gasteiger partial charge in [-0.2, -0.15) is 0 Å². The predicted octanol–water partition coefficient (Wildman–Crippen LogP) is 3.21. The van der Waals surface area contributed by atoms with Gasteiger partial charge in [0, 0.05) is 23.1 Å². The second-order valence-corrected chi connectivity index (χ2v) is 4.80. The molecule has 0 radical (unpaired) electrons. The number of pyridine rings is 1. The number of aryl methyl sites for hydroxylation is 1. The Morgan fingerprint density at radius 3 is 2.64 bits per heavy atom. The maximum absolute atomic E-state index is 6.08. The Morgan fingerprint density at radius 2 is 2.14 bits per heavy atom. The molecule has 78 valence electrons. The molecule has 1 aromatic heterocycles. The molecule has 3 heteroatoms. The number of rotatable bonds is 3. The molecule has 0 aliphatic rings. The van der Waals surface area contributed by atoms with Crippen LogP contribution in [0, 0.1) is 6.92 Å². The van der Waals surface area contributed by atoms with Gasteiger partial charge in [-0.3, -0.25) is 4.98 Å². The summed E-state index contributed by atoms with van der Waals surface area (Å²) in [4.78, 5) is 4.14. The Bertz CT molecular complexity index is 308. The number of nitrogens with one attached hydrogen (secondary N) is 1. The Balaban J connectivity index is 2.78. The van der Waals surface area contributed by atoms with E-state index in [0.717, 1.165) is 11.4 Å². The van der Waals surface area contributed by atoms with Crippen LogP contribution in [0.25, 0.3) is 0 Å². The van der Waals surface area contributed by atoms with E-state index >= 15 is 0 Å². The van der Waals surface area contributed by atoms with E-state index in [1.807, 2.05) is 26.0 Å². The van der Waals surface area contributed by atoms with E-state index in [4.69, 9.17) is 11.6 Å². The molecule has 1 rings (SSSR count). The minimum absolute atomic E-state index is 0.0657. The predicted molar refractivity (Wildman–Crippen MR) is 62.0 cm³/mol. The maximum atomic E-state index is 6.08. The fourth-order valence-corrected chi connectivity index (χ4v) is 1.15. The van der Waals surface area contributed by atoms with Gasteiger partial charge in [0.25, 0.3) is 0 Å².